The topological polar surface area (TPSA) is 59.3 Å². The minimum Gasteiger partial charge on any atom is -0.346 e. The van der Waals surface area contributed by atoms with Gasteiger partial charge in [0.05, 0.1) is 29.0 Å². The van der Waals surface area contributed by atoms with Crippen LogP contribution in [0.5, 0.6) is 0 Å². The standard InChI is InChI=1S/C19H16N4OS2/c24-19(20-9-14-11-25-13-21-14)16-5-1-2-6-17(16)26-12-15-10-23-8-4-3-7-18(23)22-15/h1-8,10-11,13H,9,12H2,(H,20,24). The highest BCUT2D eigenvalue weighted by molar-refractivity contribution is 7.98. The van der Waals surface area contributed by atoms with Crippen LogP contribution in [0.4, 0.5) is 0 Å². The van der Waals surface area contributed by atoms with Crippen molar-refractivity contribution in [3.05, 3.63) is 82.7 Å². The summed E-state index contributed by atoms with van der Waals surface area (Å²) in [5, 5.41) is 4.87. The summed E-state index contributed by atoms with van der Waals surface area (Å²) in [5.41, 5.74) is 5.23. The van der Waals surface area contributed by atoms with Crippen LogP contribution in [-0.4, -0.2) is 20.3 Å². The van der Waals surface area contributed by atoms with Crippen LogP contribution < -0.4 is 5.32 Å². The zero-order valence-corrected chi connectivity index (χ0v) is 15.5. The van der Waals surface area contributed by atoms with Crippen LogP contribution in [0.2, 0.25) is 0 Å². The van der Waals surface area contributed by atoms with E-state index < -0.39 is 0 Å². The second kappa shape index (κ2) is 7.72. The molecule has 3 heterocycles. The van der Waals surface area contributed by atoms with E-state index in [0.29, 0.717) is 17.9 Å². The van der Waals surface area contributed by atoms with Gasteiger partial charge in [0.2, 0.25) is 0 Å². The number of nitrogens with one attached hydrogen (secondary N) is 1. The number of benzene rings is 1. The molecule has 1 N–H and O–H groups in total. The van der Waals surface area contributed by atoms with Crippen molar-refractivity contribution in [3.8, 4) is 0 Å². The summed E-state index contributed by atoms with van der Waals surface area (Å²) in [4.78, 5) is 22.3. The Labute approximate surface area is 159 Å². The van der Waals surface area contributed by atoms with Gasteiger partial charge in [-0.2, -0.15) is 0 Å². The number of hydrogen-bond acceptors (Lipinski definition) is 5. The summed E-state index contributed by atoms with van der Waals surface area (Å²) < 4.78 is 2.00. The van der Waals surface area contributed by atoms with Crippen LogP contribution in [0.15, 0.2) is 70.6 Å². The highest BCUT2D eigenvalue weighted by Crippen LogP contribution is 2.26. The Hall–Kier alpha value is -2.64. The van der Waals surface area contributed by atoms with E-state index in [9.17, 15) is 4.79 Å². The summed E-state index contributed by atoms with van der Waals surface area (Å²) in [6.45, 7) is 0.438. The van der Waals surface area contributed by atoms with Crippen molar-refractivity contribution in [2.75, 3.05) is 0 Å². The third kappa shape index (κ3) is 3.79. The van der Waals surface area contributed by atoms with Crippen molar-refractivity contribution in [1.82, 2.24) is 19.7 Å². The zero-order valence-electron chi connectivity index (χ0n) is 13.8. The van der Waals surface area contributed by atoms with Crippen molar-refractivity contribution in [3.63, 3.8) is 0 Å². The molecule has 0 radical (unpaired) electrons. The van der Waals surface area contributed by atoms with Gasteiger partial charge < -0.3 is 9.72 Å². The quantitative estimate of drug-likeness (QED) is 0.514. The van der Waals surface area contributed by atoms with Gasteiger partial charge in [-0.1, -0.05) is 18.2 Å². The molecule has 0 fully saturated rings. The monoisotopic (exact) mass is 380 g/mol. The molecule has 1 aromatic carbocycles. The van der Waals surface area contributed by atoms with Crippen LogP contribution in [0.25, 0.3) is 5.65 Å². The Kier molecular flexibility index (Phi) is 4.99. The lowest BCUT2D eigenvalue weighted by Crippen LogP contribution is -2.23. The van der Waals surface area contributed by atoms with E-state index in [1.54, 1.807) is 17.3 Å². The van der Waals surface area contributed by atoms with Gasteiger partial charge in [-0.05, 0) is 24.3 Å². The maximum Gasteiger partial charge on any atom is 0.252 e. The number of fused-ring (bicyclic) bond motifs is 1. The molecule has 3 aromatic heterocycles. The third-order valence-corrected chi connectivity index (χ3v) is 5.58. The van der Waals surface area contributed by atoms with E-state index in [1.165, 1.54) is 11.3 Å². The number of carbonyl (C=O) groups is 1. The van der Waals surface area contributed by atoms with E-state index in [1.807, 2.05) is 64.6 Å². The fraction of sp³-hybridized carbons (Fsp3) is 0.105. The smallest absolute Gasteiger partial charge is 0.252 e. The summed E-state index contributed by atoms with van der Waals surface area (Å²) in [6.07, 6.45) is 4.00. The molecule has 4 aromatic rings. The predicted molar refractivity (Wildman–Crippen MR) is 104 cm³/mol. The fourth-order valence-corrected chi connectivity index (χ4v) is 4.07. The third-order valence-electron chi connectivity index (χ3n) is 3.83. The van der Waals surface area contributed by atoms with Crippen molar-refractivity contribution in [1.29, 1.82) is 0 Å². The van der Waals surface area contributed by atoms with E-state index >= 15 is 0 Å². The van der Waals surface area contributed by atoms with Gasteiger partial charge in [0, 0.05) is 28.4 Å². The number of rotatable bonds is 6. The molecule has 0 saturated carbocycles. The first kappa shape index (κ1) is 16.8. The second-order valence-electron chi connectivity index (χ2n) is 5.65. The van der Waals surface area contributed by atoms with Crippen LogP contribution in [0.3, 0.4) is 0 Å². The number of thioether (sulfide) groups is 1. The highest BCUT2D eigenvalue weighted by atomic mass is 32.2. The number of nitrogens with zero attached hydrogens (tertiary/aromatic N) is 3. The zero-order chi connectivity index (χ0) is 17.8. The largest absolute Gasteiger partial charge is 0.346 e. The Morgan fingerprint density at radius 3 is 2.88 bits per heavy atom. The number of thiazole rings is 1. The average molecular weight is 380 g/mol. The number of aromatic nitrogens is 3. The molecule has 5 nitrogen and oxygen atoms in total. The molecule has 7 heteroatoms. The lowest BCUT2D eigenvalue weighted by Gasteiger charge is -2.08. The lowest BCUT2D eigenvalue weighted by molar-refractivity contribution is 0.0947. The van der Waals surface area contributed by atoms with Gasteiger partial charge in [0.1, 0.15) is 5.65 Å². The number of carbonyl (C=O) groups excluding carboxylic acids is 1. The normalized spacial score (nSPS) is 10.9. The Morgan fingerprint density at radius 2 is 2.04 bits per heavy atom. The van der Waals surface area contributed by atoms with Gasteiger partial charge in [-0.25, -0.2) is 9.97 Å². The molecule has 0 aliphatic carbocycles. The maximum atomic E-state index is 12.5. The minimum atomic E-state index is -0.0869. The van der Waals surface area contributed by atoms with E-state index in [4.69, 9.17) is 0 Å². The van der Waals surface area contributed by atoms with Gasteiger partial charge in [-0.15, -0.1) is 23.1 Å². The van der Waals surface area contributed by atoms with Crippen molar-refractivity contribution < 1.29 is 4.79 Å². The summed E-state index contributed by atoms with van der Waals surface area (Å²) in [7, 11) is 0. The fourth-order valence-electron chi connectivity index (χ4n) is 2.58. The Bertz CT molecular complexity index is 994. The summed E-state index contributed by atoms with van der Waals surface area (Å²) in [6, 6.07) is 13.6. The molecular weight excluding hydrogens is 364 g/mol. The average Bonchev–Trinajstić information content (AvgIpc) is 3.33. The van der Waals surface area contributed by atoms with Crippen LogP contribution in [0.1, 0.15) is 21.7 Å². The van der Waals surface area contributed by atoms with Gasteiger partial charge >= 0.3 is 0 Å². The lowest BCUT2D eigenvalue weighted by atomic mass is 10.2. The maximum absolute atomic E-state index is 12.5. The predicted octanol–water partition coefficient (Wildman–Crippen LogP) is 4.01. The van der Waals surface area contributed by atoms with E-state index in [0.717, 1.165) is 21.9 Å². The molecule has 0 aliphatic rings. The molecule has 4 rings (SSSR count). The van der Waals surface area contributed by atoms with Crippen LogP contribution >= 0.6 is 23.1 Å². The molecule has 0 saturated heterocycles. The highest BCUT2D eigenvalue weighted by Gasteiger charge is 2.12. The minimum absolute atomic E-state index is 0.0869. The molecule has 1 amide bonds. The van der Waals surface area contributed by atoms with Crippen molar-refractivity contribution >= 4 is 34.7 Å². The Morgan fingerprint density at radius 1 is 1.15 bits per heavy atom. The van der Waals surface area contributed by atoms with Crippen LogP contribution in [0, 0.1) is 0 Å². The van der Waals surface area contributed by atoms with E-state index in [-0.39, 0.29) is 5.91 Å². The van der Waals surface area contributed by atoms with Gasteiger partial charge in [0.15, 0.2) is 0 Å². The molecular formula is C19H16N4OS2. The SMILES string of the molecule is O=C(NCc1cscn1)c1ccccc1SCc1cn2ccccc2n1. The molecule has 0 aliphatic heterocycles. The van der Waals surface area contributed by atoms with Crippen LogP contribution in [-0.2, 0) is 12.3 Å². The summed E-state index contributed by atoms with van der Waals surface area (Å²) >= 11 is 3.14. The molecule has 0 bridgehead atoms. The Balaban J connectivity index is 1.45. The van der Waals surface area contributed by atoms with Gasteiger partial charge in [0.25, 0.3) is 5.91 Å². The second-order valence-corrected chi connectivity index (χ2v) is 7.38. The number of amides is 1. The molecule has 26 heavy (non-hydrogen) atoms. The molecule has 0 atom stereocenters. The van der Waals surface area contributed by atoms with E-state index in [2.05, 4.69) is 15.3 Å². The number of hydrogen-bond donors (Lipinski definition) is 1. The van der Waals surface area contributed by atoms with Gasteiger partial charge in [-0.3, -0.25) is 4.79 Å². The first-order chi connectivity index (χ1) is 12.8. The summed E-state index contributed by atoms with van der Waals surface area (Å²) in [5.74, 6) is 0.619. The first-order valence-corrected chi connectivity index (χ1v) is 10.0. The first-order valence-electron chi connectivity index (χ1n) is 8.09. The molecule has 130 valence electrons. The molecule has 0 unspecified atom stereocenters. The molecule has 0 spiro atoms. The number of pyridine rings is 1. The van der Waals surface area contributed by atoms with Crippen molar-refractivity contribution in [2.24, 2.45) is 0 Å². The van der Waals surface area contributed by atoms with Crippen molar-refractivity contribution in [2.45, 2.75) is 17.2 Å². The number of imidazole rings is 1.